The minimum absolute atomic E-state index is 0.134. The van der Waals surface area contributed by atoms with E-state index in [1.165, 1.54) is 0 Å². The molecule has 0 amide bonds. The number of aromatic nitrogens is 2. The summed E-state index contributed by atoms with van der Waals surface area (Å²) in [7, 11) is 0. The van der Waals surface area contributed by atoms with Gasteiger partial charge in [-0.1, -0.05) is 11.6 Å². The Hall–Kier alpha value is -0.870. The topological polar surface area (TPSA) is 44.1 Å². The van der Waals surface area contributed by atoms with Crippen LogP contribution >= 0.6 is 11.6 Å². The number of ether oxygens (including phenoxy) is 1. The van der Waals surface area contributed by atoms with Gasteiger partial charge in [0.2, 0.25) is 0 Å². The highest BCUT2D eigenvalue weighted by Gasteiger charge is 2.15. The molecular formula is C12H19ClN2O2. The third-order valence-corrected chi connectivity index (χ3v) is 3.04. The molecule has 1 aromatic rings. The minimum Gasteiger partial charge on any atom is -0.381 e. The number of carbonyl (C=O) groups excluding carboxylic acids is 1. The van der Waals surface area contributed by atoms with E-state index in [9.17, 15) is 4.79 Å². The van der Waals surface area contributed by atoms with Gasteiger partial charge < -0.3 is 4.74 Å². The molecule has 0 fully saturated rings. The zero-order chi connectivity index (χ0) is 12.8. The van der Waals surface area contributed by atoms with Gasteiger partial charge in [0.05, 0.1) is 23.0 Å². The molecule has 0 saturated carbocycles. The fourth-order valence-corrected chi connectivity index (χ4v) is 1.85. The fraction of sp³-hybridized carbons (Fsp3) is 0.667. The zero-order valence-electron chi connectivity index (χ0n) is 10.6. The lowest BCUT2D eigenvalue weighted by Gasteiger charge is -2.05. The van der Waals surface area contributed by atoms with E-state index in [0.717, 1.165) is 17.9 Å². The highest BCUT2D eigenvalue weighted by molar-refractivity contribution is 6.32. The third kappa shape index (κ3) is 3.82. The summed E-state index contributed by atoms with van der Waals surface area (Å²) in [5.41, 5.74) is 1.59. The first-order chi connectivity index (χ1) is 8.10. The number of hydrogen-bond acceptors (Lipinski definition) is 3. The van der Waals surface area contributed by atoms with Crippen molar-refractivity contribution in [3.8, 4) is 0 Å². The molecule has 5 heteroatoms. The van der Waals surface area contributed by atoms with Crippen LogP contribution in [0.15, 0.2) is 0 Å². The largest absolute Gasteiger partial charge is 0.381 e. The lowest BCUT2D eigenvalue weighted by Crippen LogP contribution is -2.11. The van der Waals surface area contributed by atoms with Crippen molar-refractivity contribution in [3.63, 3.8) is 0 Å². The van der Waals surface area contributed by atoms with Crippen LogP contribution in [0.4, 0.5) is 0 Å². The molecule has 0 N–H and O–H groups in total. The third-order valence-electron chi connectivity index (χ3n) is 2.55. The second-order valence-corrected chi connectivity index (χ2v) is 4.20. The van der Waals surface area contributed by atoms with Crippen LogP contribution in [-0.4, -0.2) is 28.8 Å². The first-order valence-corrected chi connectivity index (χ1v) is 6.29. The molecule has 1 heterocycles. The Morgan fingerprint density at radius 3 is 2.76 bits per heavy atom. The molecule has 0 atom stereocenters. The number of Topliss-reactive ketones (excluding diaryl/α,β-unsaturated/α-hetero) is 1. The Balaban J connectivity index is 2.64. The summed E-state index contributed by atoms with van der Waals surface area (Å²) in [6.07, 6.45) is 0.763. The van der Waals surface area contributed by atoms with Crippen LogP contribution in [0.3, 0.4) is 0 Å². The number of hydrogen-bond donors (Lipinski definition) is 0. The maximum atomic E-state index is 11.7. The molecule has 0 spiro atoms. The van der Waals surface area contributed by atoms with E-state index in [2.05, 4.69) is 5.10 Å². The predicted molar refractivity (Wildman–Crippen MR) is 67.5 cm³/mol. The number of aryl methyl sites for hydroxylation is 2. The summed E-state index contributed by atoms with van der Waals surface area (Å²) >= 11 is 6.13. The average Bonchev–Trinajstić information content (AvgIpc) is 2.57. The molecule has 0 bridgehead atoms. The van der Waals surface area contributed by atoms with E-state index >= 15 is 0 Å². The van der Waals surface area contributed by atoms with Crippen LogP contribution < -0.4 is 0 Å². The maximum Gasteiger partial charge on any atom is 0.141 e. The highest BCUT2D eigenvalue weighted by atomic mass is 35.5. The van der Waals surface area contributed by atoms with Crippen molar-refractivity contribution in [3.05, 3.63) is 16.4 Å². The molecule has 1 aromatic heterocycles. The molecule has 0 saturated heterocycles. The van der Waals surface area contributed by atoms with Crippen LogP contribution in [0.1, 0.15) is 31.7 Å². The summed E-state index contributed by atoms with van der Waals surface area (Å²) in [5.74, 6) is 0.134. The molecule has 1 rings (SSSR count). The lowest BCUT2D eigenvalue weighted by molar-refractivity contribution is -0.119. The van der Waals surface area contributed by atoms with Gasteiger partial charge in [0.25, 0.3) is 0 Å². The Bertz CT molecular complexity index is 388. The molecule has 0 unspecified atom stereocenters. The highest BCUT2D eigenvalue weighted by Crippen LogP contribution is 2.21. The second-order valence-electron chi connectivity index (χ2n) is 3.82. The van der Waals surface area contributed by atoms with Crippen LogP contribution in [0.5, 0.6) is 0 Å². The molecule has 0 aliphatic carbocycles. The van der Waals surface area contributed by atoms with Crippen LogP contribution in [0.2, 0.25) is 5.02 Å². The minimum atomic E-state index is 0.134. The maximum absolute atomic E-state index is 11.7. The average molecular weight is 259 g/mol. The van der Waals surface area contributed by atoms with Gasteiger partial charge in [-0.15, -0.1) is 0 Å². The molecule has 4 nitrogen and oxygen atoms in total. The van der Waals surface area contributed by atoms with Crippen molar-refractivity contribution in [1.29, 1.82) is 0 Å². The quantitative estimate of drug-likeness (QED) is 0.706. The number of rotatable bonds is 7. The van der Waals surface area contributed by atoms with Crippen molar-refractivity contribution in [1.82, 2.24) is 9.78 Å². The number of halogens is 1. The SMILES string of the molecule is CCOCCC(=O)Cc1c(Cl)c(C)nn1CC. The Morgan fingerprint density at radius 2 is 2.18 bits per heavy atom. The first kappa shape index (κ1) is 14.2. The van der Waals surface area contributed by atoms with Crippen molar-refractivity contribution < 1.29 is 9.53 Å². The smallest absolute Gasteiger partial charge is 0.141 e. The molecular weight excluding hydrogens is 240 g/mol. The summed E-state index contributed by atoms with van der Waals surface area (Å²) in [6.45, 7) is 7.59. The van der Waals surface area contributed by atoms with Gasteiger partial charge in [-0.05, 0) is 20.8 Å². The summed E-state index contributed by atoms with van der Waals surface area (Å²) < 4.78 is 6.95. The van der Waals surface area contributed by atoms with Crippen LogP contribution in [0.25, 0.3) is 0 Å². The zero-order valence-corrected chi connectivity index (χ0v) is 11.4. The van der Waals surface area contributed by atoms with E-state index in [4.69, 9.17) is 16.3 Å². The second kappa shape index (κ2) is 6.77. The van der Waals surface area contributed by atoms with Crippen molar-refractivity contribution in [2.75, 3.05) is 13.2 Å². The van der Waals surface area contributed by atoms with Gasteiger partial charge in [0.15, 0.2) is 0 Å². The summed E-state index contributed by atoms with van der Waals surface area (Å²) in [4.78, 5) is 11.7. The number of nitrogens with zero attached hydrogens (tertiary/aromatic N) is 2. The number of ketones is 1. The van der Waals surface area contributed by atoms with Crippen molar-refractivity contribution >= 4 is 17.4 Å². The van der Waals surface area contributed by atoms with Gasteiger partial charge in [0, 0.05) is 26.0 Å². The van der Waals surface area contributed by atoms with Gasteiger partial charge in [0.1, 0.15) is 5.78 Å². The molecule has 0 aliphatic heterocycles. The molecule has 17 heavy (non-hydrogen) atoms. The normalized spacial score (nSPS) is 10.8. The Labute approximate surface area is 107 Å². The van der Waals surface area contributed by atoms with E-state index in [0.29, 0.717) is 31.1 Å². The first-order valence-electron chi connectivity index (χ1n) is 5.91. The molecule has 0 radical (unpaired) electrons. The van der Waals surface area contributed by atoms with Crippen LogP contribution in [0, 0.1) is 6.92 Å². The molecule has 0 aromatic carbocycles. The van der Waals surface area contributed by atoms with E-state index < -0.39 is 0 Å². The standard InChI is InChI=1S/C12H19ClN2O2/c1-4-15-11(12(13)9(3)14-15)8-10(16)6-7-17-5-2/h4-8H2,1-3H3. The molecule has 96 valence electrons. The van der Waals surface area contributed by atoms with Crippen molar-refractivity contribution in [2.45, 2.75) is 40.2 Å². The summed E-state index contributed by atoms with van der Waals surface area (Å²) in [5, 5.41) is 4.89. The molecule has 0 aliphatic rings. The lowest BCUT2D eigenvalue weighted by atomic mass is 10.1. The van der Waals surface area contributed by atoms with Gasteiger partial charge >= 0.3 is 0 Å². The monoisotopic (exact) mass is 258 g/mol. The van der Waals surface area contributed by atoms with Crippen molar-refractivity contribution in [2.24, 2.45) is 0 Å². The van der Waals surface area contributed by atoms with E-state index in [-0.39, 0.29) is 5.78 Å². The Morgan fingerprint density at radius 1 is 1.47 bits per heavy atom. The predicted octanol–water partition coefficient (Wildman–Crippen LogP) is 2.40. The van der Waals surface area contributed by atoms with Crippen LogP contribution in [-0.2, 0) is 22.5 Å². The van der Waals surface area contributed by atoms with Gasteiger partial charge in [-0.2, -0.15) is 5.10 Å². The van der Waals surface area contributed by atoms with Gasteiger partial charge in [-0.25, -0.2) is 0 Å². The fourth-order valence-electron chi connectivity index (χ4n) is 1.64. The summed E-state index contributed by atoms with van der Waals surface area (Å²) in [6, 6.07) is 0. The number of carbonyl (C=O) groups is 1. The van der Waals surface area contributed by atoms with E-state index in [1.807, 2.05) is 20.8 Å². The Kier molecular flexibility index (Phi) is 5.65. The van der Waals surface area contributed by atoms with E-state index in [1.54, 1.807) is 4.68 Å². The van der Waals surface area contributed by atoms with Gasteiger partial charge in [-0.3, -0.25) is 9.48 Å².